The molecule has 5 rings (SSSR count). The van der Waals surface area contributed by atoms with Crippen molar-refractivity contribution in [1.29, 1.82) is 0 Å². The standard InChI is InChI=1S/C26H24N4O3S/c1-15-4-5-18(10-16(15)2)21-13-34-25-24(21)26(33)29(14-27-25)12-23(32)28-20-6-7-22-19(11-20)8-9-30(22)17(3)31/h4-7,10-11,13-14H,8-9,12H2,1-3H3,(H,28,32). The minimum atomic E-state index is -0.312. The summed E-state index contributed by atoms with van der Waals surface area (Å²) in [5, 5.41) is 5.35. The van der Waals surface area contributed by atoms with Gasteiger partial charge in [0.2, 0.25) is 11.8 Å². The van der Waals surface area contributed by atoms with Gasteiger partial charge in [0.15, 0.2) is 0 Å². The highest BCUT2D eigenvalue weighted by molar-refractivity contribution is 7.17. The maximum absolute atomic E-state index is 13.3. The Bertz CT molecular complexity index is 1520. The molecule has 1 N–H and O–H groups in total. The molecular weight excluding hydrogens is 448 g/mol. The highest BCUT2D eigenvalue weighted by atomic mass is 32.1. The number of aryl methyl sites for hydroxylation is 2. The first-order valence-electron chi connectivity index (χ1n) is 11.1. The molecule has 1 aliphatic heterocycles. The number of amides is 2. The molecule has 0 bridgehead atoms. The van der Waals surface area contributed by atoms with Crippen molar-refractivity contribution in [2.75, 3.05) is 16.8 Å². The molecular formula is C26H24N4O3S. The van der Waals surface area contributed by atoms with E-state index in [1.165, 1.54) is 27.8 Å². The third kappa shape index (κ3) is 3.90. The largest absolute Gasteiger partial charge is 0.325 e. The fraction of sp³-hybridized carbons (Fsp3) is 0.231. The zero-order valence-electron chi connectivity index (χ0n) is 19.2. The maximum Gasteiger partial charge on any atom is 0.263 e. The molecule has 172 valence electrons. The molecule has 0 unspecified atom stereocenters. The lowest BCUT2D eigenvalue weighted by molar-refractivity contribution is -0.117. The average Bonchev–Trinajstić information content (AvgIpc) is 3.42. The van der Waals surface area contributed by atoms with Gasteiger partial charge >= 0.3 is 0 Å². The van der Waals surface area contributed by atoms with E-state index in [4.69, 9.17) is 0 Å². The summed E-state index contributed by atoms with van der Waals surface area (Å²) < 4.78 is 1.35. The number of carbonyl (C=O) groups is 2. The van der Waals surface area contributed by atoms with Crippen LogP contribution >= 0.6 is 11.3 Å². The predicted molar refractivity (Wildman–Crippen MR) is 136 cm³/mol. The van der Waals surface area contributed by atoms with E-state index in [-0.39, 0.29) is 23.9 Å². The van der Waals surface area contributed by atoms with Gasteiger partial charge in [-0.15, -0.1) is 11.3 Å². The van der Waals surface area contributed by atoms with Gasteiger partial charge in [0.05, 0.1) is 11.7 Å². The molecule has 4 aromatic rings. The molecule has 3 heterocycles. The van der Waals surface area contributed by atoms with Crippen LogP contribution in [0.1, 0.15) is 23.6 Å². The Morgan fingerprint density at radius 2 is 1.94 bits per heavy atom. The normalized spacial score (nSPS) is 12.7. The van der Waals surface area contributed by atoms with Crippen molar-refractivity contribution in [3.8, 4) is 11.1 Å². The second-order valence-corrected chi connectivity index (χ2v) is 9.48. The molecule has 0 atom stereocenters. The number of carbonyl (C=O) groups excluding carboxylic acids is 2. The van der Waals surface area contributed by atoms with E-state index >= 15 is 0 Å². The number of rotatable bonds is 4. The molecule has 2 aromatic carbocycles. The minimum Gasteiger partial charge on any atom is -0.325 e. The van der Waals surface area contributed by atoms with E-state index in [1.54, 1.807) is 17.9 Å². The van der Waals surface area contributed by atoms with Crippen molar-refractivity contribution in [2.24, 2.45) is 0 Å². The highest BCUT2D eigenvalue weighted by Gasteiger charge is 2.22. The second kappa shape index (κ2) is 8.53. The zero-order chi connectivity index (χ0) is 24.0. The van der Waals surface area contributed by atoms with Crippen molar-refractivity contribution < 1.29 is 9.59 Å². The van der Waals surface area contributed by atoms with E-state index < -0.39 is 0 Å². The lowest BCUT2D eigenvalue weighted by Gasteiger charge is -2.15. The highest BCUT2D eigenvalue weighted by Crippen LogP contribution is 2.32. The summed E-state index contributed by atoms with van der Waals surface area (Å²) in [7, 11) is 0. The van der Waals surface area contributed by atoms with Crippen LogP contribution < -0.4 is 15.8 Å². The second-order valence-electron chi connectivity index (χ2n) is 8.62. The van der Waals surface area contributed by atoms with E-state index in [2.05, 4.69) is 23.3 Å². The van der Waals surface area contributed by atoms with Crippen molar-refractivity contribution in [2.45, 2.75) is 33.7 Å². The van der Waals surface area contributed by atoms with Crippen LogP contribution in [-0.2, 0) is 22.6 Å². The van der Waals surface area contributed by atoms with E-state index in [1.807, 2.05) is 36.6 Å². The van der Waals surface area contributed by atoms with Crippen LogP contribution in [-0.4, -0.2) is 27.9 Å². The van der Waals surface area contributed by atoms with Crippen LogP contribution in [0.25, 0.3) is 21.3 Å². The number of hydrogen-bond donors (Lipinski definition) is 1. The summed E-state index contributed by atoms with van der Waals surface area (Å²) in [6.07, 6.45) is 2.18. The molecule has 34 heavy (non-hydrogen) atoms. The molecule has 1 aliphatic rings. The van der Waals surface area contributed by atoms with Crippen LogP contribution in [0.3, 0.4) is 0 Å². The summed E-state index contributed by atoms with van der Waals surface area (Å²) in [6, 6.07) is 11.6. The fourth-order valence-electron chi connectivity index (χ4n) is 4.36. The van der Waals surface area contributed by atoms with Gasteiger partial charge in [-0.2, -0.15) is 0 Å². The summed E-state index contributed by atoms with van der Waals surface area (Å²) >= 11 is 1.42. The number of nitrogens with one attached hydrogen (secondary N) is 1. The Kier molecular flexibility index (Phi) is 5.53. The van der Waals surface area contributed by atoms with Crippen molar-refractivity contribution in [3.63, 3.8) is 0 Å². The Morgan fingerprint density at radius 1 is 1.12 bits per heavy atom. The molecule has 0 aliphatic carbocycles. The molecule has 0 spiro atoms. The first kappa shape index (κ1) is 22.0. The minimum absolute atomic E-state index is 0.00593. The first-order chi connectivity index (χ1) is 16.3. The first-order valence-corrected chi connectivity index (χ1v) is 11.9. The van der Waals surface area contributed by atoms with E-state index in [9.17, 15) is 14.4 Å². The summed E-state index contributed by atoms with van der Waals surface area (Å²) in [6.45, 7) is 6.16. The Balaban J connectivity index is 1.40. The summed E-state index contributed by atoms with van der Waals surface area (Å²) in [5.74, 6) is -0.306. The van der Waals surface area contributed by atoms with Crippen LogP contribution in [0.2, 0.25) is 0 Å². The van der Waals surface area contributed by atoms with E-state index in [0.717, 1.165) is 34.4 Å². The van der Waals surface area contributed by atoms with Crippen LogP contribution in [0, 0.1) is 13.8 Å². The zero-order valence-corrected chi connectivity index (χ0v) is 20.0. The SMILES string of the molecule is CC(=O)N1CCc2cc(NC(=O)Cn3cnc4scc(-c5ccc(C)c(C)c5)c4c3=O)ccc21. The topological polar surface area (TPSA) is 84.3 Å². The molecule has 0 radical (unpaired) electrons. The van der Waals surface area contributed by atoms with Gasteiger partial charge < -0.3 is 10.2 Å². The molecule has 8 heteroatoms. The maximum atomic E-state index is 13.3. The fourth-order valence-corrected chi connectivity index (χ4v) is 5.27. The molecule has 0 saturated carbocycles. The smallest absolute Gasteiger partial charge is 0.263 e. The number of aromatic nitrogens is 2. The van der Waals surface area contributed by atoms with E-state index in [0.29, 0.717) is 22.4 Å². The monoisotopic (exact) mass is 472 g/mol. The molecule has 0 fully saturated rings. The number of hydrogen-bond acceptors (Lipinski definition) is 5. The van der Waals surface area contributed by atoms with Crippen molar-refractivity contribution >= 4 is 44.7 Å². The van der Waals surface area contributed by atoms with Crippen LogP contribution in [0.4, 0.5) is 11.4 Å². The van der Waals surface area contributed by atoms with Gasteiger partial charge in [0, 0.05) is 35.8 Å². The lowest BCUT2D eigenvalue weighted by atomic mass is 10.0. The van der Waals surface area contributed by atoms with Crippen LogP contribution in [0.15, 0.2) is 52.9 Å². The average molecular weight is 473 g/mol. The number of fused-ring (bicyclic) bond motifs is 2. The Labute approximate surface area is 200 Å². The van der Waals surface area contributed by atoms with Gasteiger partial charge in [-0.1, -0.05) is 18.2 Å². The van der Waals surface area contributed by atoms with Gasteiger partial charge in [0.25, 0.3) is 5.56 Å². The number of thiophene rings is 1. The number of nitrogens with zero attached hydrogens (tertiary/aromatic N) is 3. The molecule has 0 saturated heterocycles. The Morgan fingerprint density at radius 3 is 2.71 bits per heavy atom. The summed E-state index contributed by atoms with van der Waals surface area (Å²) in [4.78, 5) is 44.6. The Hall–Kier alpha value is -3.78. The molecule has 2 amide bonds. The number of anilines is 2. The van der Waals surface area contributed by atoms with Gasteiger partial charge in [-0.3, -0.25) is 19.0 Å². The summed E-state index contributed by atoms with van der Waals surface area (Å²) in [5.41, 5.74) is 6.45. The van der Waals surface area contributed by atoms with Crippen molar-refractivity contribution in [3.05, 3.63) is 75.1 Å². The van der Waals surface area contributed by atoms with Crippen molar-refractivity contribution in [1.82, 2.24) is 9.55 Å². The molecule has 7 nitrogen and oxygen atoms in total. The number of benzene rings is 2. The van der Waals surface area contributed by atoms with Gasteiger partial charge in [-0.05, 0) is 60.7 Å². The van der Waals surface area contributed by atoms with Gasteiger partial charge in [-0.25, -0.2) is 4.98 Å². The predicted octanol–water partition coefficient (Wildman–Crippen LogP) is 4.29. The third-order valence-electron chi connectivity index (χ3n) is 6.33. The molecule has 2 aromatic heterocycles. The lowest BCUT2D eigenvalue weighted by Crippen LogP contribution is -2.28. The van der Waals surface area contributed by atoms with Gasteiger partial charge in [0.1, 0.15) is 11.4 Å². The third-order valence-corrected chi connectivity index (χ3v) is 7.22. The quantitative estimate of drug-likeness (QED) is 0.480. The van der Waals surface area contributed by atoms with Crippen LogP contribution in [0.5, 0.6) is 0 Å².